The Labute approximate surface area is 341 Å². The summed E-state index contributed by atoms with van der Waals surface area (Å²) in [6.45, 7) is 11.7. The Morgan fingerprint density at radius 1 is 0.746 bits per heavy atom. The molecule has 2 aliphatic rings. The Bertz CT molecular complexity index is 2060. The summed E-state index contributed by atoms with van der Waals surface area (Å²) in [5.74, 6) is -3.32. The topological polar surface area (TPSA) is 267 Å². The van der Waals surface area contributed by atoms with Gasteiger partial charge >= 0.3 is 18.4 Å². The molecule has 6 atom stereocenters. The maximum Gasteiger partial charge on any atom is 0.410 e. The van der Waals surface area contributed by atoms with Crippen LogP contribution in [0.25, 0.3) is 0 Å². The minimum Gasteiger partial charge on any atom is -0.543 e. The second kappa shape index (κ2) is 17.0. The molecule has 0 saturated carbocycles. The van der Waals surface area contributed by atoms with Crippen molar-refractivity contribution in [1.29, 1.82) is 0 Å². The number of rotatable bonds is 16. The number of fused-ring (bicyclic) bond motifs is 1. The molecule has 2 aliphatic heterocycles. The number of H-pyrrole nitrogens is 1. The molecular weight excluding hydrogens is 774 g/mol. The number of ether oxygens (including phenoxy) is 2. The zero-order valence-electron chi connectivity index (χ0n) is 35.6. The van der Waals surface area contributed by atoms with E-state index < -0.39 is 106 Å². The Balaban J connectivity index is 1.44. The van der Waals surface area contributed by atoms with Crippen LogP contribution in [0.15, 0.2) is 46.1 Å². The Morgan fingerprint density at radius 3 is 1.73 bits per heavy atom. The third-order valence-electron chi connectivity index (χ3n) is 10.4. The van der Waals surface area contributed by atoms with Gasteiger partial charge in [-0.25, -0.2) is 9.59 Å². The van der Waals surface area contributed by atoms with Crippen LogP contribution in [0.4, 0.5) is 0 Å². The number of nitrogens with one attached hydrogen (secondary N) is 6. The second-order valence-corrected chi connectivity index (χ2v) is 17.3. The third kappa shape index (κ3) is 9.93. The molecule has 1 aromatic carbocycles. The summed E-state index contributed by atoms with van der Waals surface area (Å²) in [6, 6.07) is 8.18. The highest BCUT2D eigenvalue weighted by Gasteiger charge is 2.56. The predicted molar refractivity (Wildman–Crippen MR) is 213 cm³/mol. The first-order chi connectivity index (χ1) is 27.2. The van der Waals surface area contributed by atoms with Crippen molar-refractivity contribution in [2.24, 2.45) is 0 Å². The number of hydrogen-bond acceptors (Lipinski definition) is 14. The standard InChI is InChI=1S/C38H57BN7O13/c1-34(2,28(49)42-35(3,4)29(50)43-36(5,6)30(51)44-37(7,8)31(52)45-38(9,10)32(53)55-11)40-19-21-15-13-14-16-22(21)39(56-12)58-25-23(20-47)57-27(26(25)59-39)46-18-17-24(48)41-33(46)54/h13-18,23,25-27,40,47H,19-20H2,1-12H3,(H,42,49)(H,43,50)(H,44,51)(H,45,52)(H,41,48,54)/q-1/t23-,25-,26-,27-,39-/m1/s1/i9+1/t23-,25-,26-,27-,38+,39-. The van der Waals surface area contributed by atoms with Gasteiger partial charge in [-0.05, 0) is 76.3 Å². The Hall–Kier alpha value is -4.93. The van der Waals surface area contributed by atoms with Gasteiger partial charge in [0.25, 0.3) is 5.56 Å². The fourth-order valence-corrected chi connectivity index (χ4v) is 6.52. The normalized spacial score (nSPS) is 23.1. The highest BCUT2D eigenvalue weighted by atomic mass is 16.8. The first kappa shape index (κ1) is 46.8. The molecule has 0 radical (unpaired) electrons. The number of methoxy groups -OCH3 is 1. The summed E-state index contributed by atoms with van der Waals surface area (Å²) in [5, 5.41) is 23.9. The minimum atomic E-state index is -2.71. The smallest absolute Gasteiger partial charge is 0.410 e. The average Bonchev–Trinajstić information content (AvgIpc) is 3.69. The lowest BCUT2D eigenvalue weighted by Crippen LogP contribution is -2.68. The fourth-order valence-electron chi connectivity index (χ4n) is 6.52. The van der Waals surface area contributed by atoms with Gasteiger partial charge in [0.1, 0.15) is 28.3 Å². The van der Waals surface area contributed by atoms with E-state index in [2.05, 4.69) is 31.6 Å². The highest BCUT2D eigenvalue weighted by Crippen LogP contribution is 2.41. The monoisotopic (exact) mass is 831 g/mol. The van der Waals surface area contributed by atoms with Gasteiger partial charge in [-0.1, -0.05) is 29.8 Å². The second-order valence-electron chi connectivity index (χ2n) is 17.3. The molecule has 2 aromatic rings. The van der Waals surface area contributed by atoms with Gasteiger partial charge in [-0.3, -0.25) is 38.8 Å². The SMILES string of the molecule is COC(=O)[C@@](C)([13CH3])NC(=O)C(C)(C)NC(=O)C(C)(C)NC(=O)C(C)(C)NC(=O)C(C)(C)NCc1ccccc1[B@-]1(OC)O[C@@H]2[C@H](O1)[C@@H](CO)O[C@H]2n1ccc(=O)[nH]c1=O. The van der Waals surface area contributed by atoms with Crippen molar-refractivity contribution in [2.45, 2.75) is 128 Å². The van der Waals surface area contributed by atoms with E-state index in [1.807, 2.05) is 0 Å². The zero-order chi connectivity index (χ0) is 44.5. The van der Waals surface area contributed by atoms with Gasteiger partial charge < -0.3 is 49.8 Å². The number of aliphatic hydroxyl groups is 1. The van der Waals surface area contributed by atoms with E-state index in [9.17, 15) is 38.7 Å². The van der Waals surface area contributed by atoms with E-state index in [4.69, 9.17) is 23.4 Å². The van der Waals surface area contributed by atoms with Crippen LogP contribution in [0.3, 0.4) is 0 Å². The molecule has 2 saturated heterocycles. The van der Waals surface area contributed by atoms with Crippen molar-refractivity contribution >= 4 is 41.8 Å². The molecule has 3 heterocycles. The van der Waals surface area contributed by atoms with Crippen molar-refractivity contribution in [2.75, 3.05) is 20.8 Å². The third-order valence-corrected chi connectivity index (χ3v) is 10.4. The van der Waals surface area contributed by atoms with Crippen LogP contribution in [0.1, 0.15) is 81.0 Å². The quantitative estimate of drug-likeness (QED) is 0.0567. The zero-order valence-corrected chi connectivity index (χ0v) is 35.6. The fraction of sp³-hybridized carbons (Fsp3) is 0.605. The molecule has 0 bridgehead atoms. The number of aromatic amines is 1. The van der Waals surface area contributed by atoms with E-state index in [0.29, 0.717) is 11.0 Å². The molecule has 2 fully saturated rings. The molecule has 326 valence electrons. The van der Waals surface area contributed by atoms with Gasteiger partial charge in [0.2, 0.25) is 23.6 Å². The summed E-state index contributed by atoms with van der Waals surface area (Å²) in [7, 11) is 2.58. The number of amides is 4. The minimum absolute atomic E-state index is 0.0776. The Kier molecular flexibility index (Phi) is 13.5. The van der Waals surface area contributed by atoms with Crippen LogP contribution >= 0.6 is 0 Å². The van der Waals surface area contributed by atoms with E-state index in [0.717, 1.165) is 10.6 Å². The maximum atomic E-state index is 13.8. The van der Waals surface area contributed by atoms with E-state index >= 15 is 0 Å². The number of nitrogens with zero attached hydrogens (tertiary/aromatic N) is 1. The van der Waals surface area contributed by atoms with Gasteiger partial charge in [0.15, 0.2) is 6.23 Å². The number of benzene rings is 1. The van der Waals surface area contributed by atoms with Crippen molar-refractivity contribution in [3.05, 3.63) is 62.9 Å². The number of aromatic nitrogens is 2. The summed E-state index contributed by atoms with van der Waals surface area (Å²) < 4.78 is 30.5. The largest absolute Gasteiger partial charge is 0.543 e. The van der Waals surface area contributed by atoms with E-state index in [-0.39, 0.29) is 6.54 Å². The van der Waals surface area contributed by atoms with Crippen LogP contribution < -0.4 is 43.3 Å². The van der Waals surface area contributed by atoms with Crippen LogP contribution in [0.5, 0.6) is 0 Å². The first-order valence-corrected chi connectivity index (χ1v) is 19.0. The summed E-state index contributed by atoms with van der Waals surface area (Å²) in [4.78, 5) is 92.5. The van der Waals surface area contributed by atoms with Crippen molar-refractivity contribution < 1.29 is 52.5 Å². The van der Waals surface area contributed by atoms with Gasteiger partial charge in [-0.2, -0.15) is 0 Å². The van der Waals surface area contributed by atoms with E-state index in [1.165, 1.54) is 75.8 Å². The van der Waals surface area contributed by atoms with Crippen LogP contribution in [0, 0.1) is 0 Å². The summed E-state index contributed by atoms with van der Waals surface area (Å²) in [6.07, 6.45) is -2.51. The van der Waals surface area contributed by atoms with Gasteiger partial charge in [-0.15, -0.1) is 5.46 Å². The molecule has 0 unspecified atom stereocenters. The van der Waals surface area contributed by atoms with Crippen molar-refractivity contribution in [1.82, 2.24) is 36.1 Å². The number of hydrogen-bond donors (Lipinski definition) is 7. The van der Waals surface area contributed by atoms with Crippen molar-refractivity contribution in [3.63, 3.8) is 0 Å². The van der Waals surface area contributed by atoms with E-state index in [1.54, 1.807) is 38.1 Å². The van der Waals surface area contributed by atoms with Crippen LogP contribution in [-0.2, 0) is 54.0 Å². The molecule has 4 rings (SSSR count). The maximum absolute atomic E-state index is 13.8. The molecule has 0 aliphatic carbocycles. The summed E-state index contributed by atoms with van der Waals surface area (Å²) in [5.41, 5.74) is -7.52. The van der Waals surface area contributed by atoms with Crippen molar-refractivity contribution in [3.8, 4) is 0 Å². The number of carbonyl (C=O) groups is 5. The molecule has 1 aromatic heterocycles. The molecule has 20 nitrogen and oxygen atoms in total. The Morgan fingerprint density at radius 2 is 1.24 bits per heavy atom. The lowest BCUT2D eigenvalue weighted by Gasteiger charge is -2.39. The van der Waals surface area contributed by atoms with Gasteiger partial charge in [0.05, 0.1) is 31.5 Å². The summed E-state index contributed by atoms with van der Waals surface area (Å²) >= 11 is 0. The molecule has 0 spiro atoms. The highest BCUT2D eigenvalue weighted by molar-refractivity contribution is 6.76. The average molecular weight is 832 g/mol. The van der Waals surface area contributed by atoms with Gasteiger partial charge in [0, 0.05) is 18.8 Å². The molecule has 59 heavy (non-hydrogen) atoms. The predicted octanol–water partition coefficient (Wildman–Crippen LogP) is -1.68. The lowest BCUT2D eigenvalue weighted by atomic mass is 9.67. The first-order valence-electron chi connectivity index (χ1n) is 19.0. The lowest BCUT2D eigenvalue weighted by molar-refractivity contribution is -0.150. The van der Waals surface area contributed by atoms with Crippen LogP contribution in [0.2, 0.25) is 0 Å². The number of esters is 1. The molecule has 21 heteroatoms. The van der Waals surface area contributed by atoms with Crippen LogP contribution in [-0.4, -0.2) is 118 Å². The number of aliphatic hydroxyl groups excluding tert-OH is 1. The molecule has 4 amide bonds. The molecular formula is C38H57BN7O13-. The number of carbonyl (C=O) groups excluding carboxylic acids is 5. The molecule has 7 N–H and O–H groups in total.